The van der Waals surface area contributed by atoms with Gasteiger partial charge in [-0.1, -0.05) is 40.9 Å². The van der Waals surface area contributed by atoms with Crippen molar-refractivity contribution in [3.8, 4) is 0 Å². The average molecular weight is 304 g/mol. The van der Waals surface area contributed by atoms with E-state index in [2.05, 4.69) is 0 Å². The predicted molar refractivity (Wildman–Crippen MR) is 71.3 cm³/mol. The molecule has 0 saturated heterocycles. The van der Waals surface area contributed by atoms with Gasteiger partial charge in [-0.2, -0.15) is 0 Å². The van der Waals surface area contributed by atoms with Crippen LogP contribution in [0.5, 0.6) is 0 Å². The van der Waals surface area contributed by atoms with Gasteiger partial charge in [0, 0.05) is 10.6 Å². The van der Waals surface area contributed by atoms with Crippen molar-refractivity contribution in [2.45, 2.75) is 0 Å². The molecule has 0 aliphatic heterocycles. The lowest BCUT2D eigenvalue weighted by Crippen LogP contribution is -2.05. The Morgan fingerprint density at radius 2 is 1.72 bits per heavy atom. The van der Waals surface area contributed by atoms with Crippen molar-refractivity contribution >= 4 is 40.6 Å². The molecule has 5 heteroatoms. The summed E-state index contributed by atoms with van der Waals surface area (Å²) in [6.45, 7) is 0. The van der Waals surface area contributed by atoms with E-state index >= 15 is 0 Å². The number of rotatable bonds is 2. The fraction of sp³-hybridized carbons (Fsp3) is 0. The van der Waals surface area contributed by atoms with E-state index in [4.69, 9.17) is 34.8 Å². The van der Waals surface area contributed by atoms with Crippen LogP contribution < -0.4 is 0 Å². The first-order chi connectivity index (χ1) is 8.50. The second-order valence-corrected chi connectivity index (χ2v) is 4.78. The molecule has 0 atom stereocenters. The molecule has 0 aliphatic carbocycles. The molecule has 2 rings (SSSR count). The molecule has 0 radical (unpaired) electrons. The fourth-order valence-electron chi connectivity index (χ4n) is 1.50. The molecule has 1 nitrogen and oxygen atoms in total. The highest BCUT2D eigenvalue weighted by molar-refractivity contribution is 6.44. The first kappa shape index (κ1) is 13.3. The molecule has 0 spiro atoms. The van der Waals surface area contributed by atoms with Gasteiger partial charge in [0.2, 0.25) is 0 Å². The lowest BCUT2D eigenvalue weighted by Gasteiger charge is -2.06. The average Bonchev–Trinajstić information content (AvgIpc) is 2.32. The third-order valence-corrected chi connectivity index (χ3v) is 3.43. The third-order valence-electron chi connectivity index (χ3n) is 2.37. The maximum atomic E-state index is 13.6. The van der Waals surface area contributed by atoms with Gasteiger partial charge in [0.25, 0.3) is 0 Å². The van der Waals surface area contributed by atoms with E-state index in [1.165, 1.54) is 18.2 Å². The Morgan fingerprint density at radius 1 is 1.00 bits per heavy atom. The largest absolute Gasteiger partial charge is 0.288 e. The van der Waals surface area contributed by atoms with E-state index in [9.17, 15) is 9.18 Å². The van der Waals surface area contributed by atoms with Crippen LogP contribution in [0.2, 0.25) is 15.1 Å². The van der Waals surface area contributed by atoms with E-state index in [0.717, 1.165) is 6.07 Å². The summed E-state index contributed by atoms with van der Waals surface area (Å²) in [7, 11) is 0. The maximum absolute atomic E-state index is 13.6. The molecule has 0 saturated carbocycles. The van der Waals surface area contributed by atoms with Crippen LogP contribution >= 0.6 is 34.8 Å². The van der Waals surface area contributed by atoms with Crippen molar-refractivity contribution in [2.75, 3.05) is 0 Å². The summed E-state index contributed by atoms with van der Waals surface area (Å²) in [5.41, 5.74) is 0.0638. The van der Waals surface area contributed by atoms with E-state index < -0.39 is 11.6 Å². The number of carbonyl (C=O) groups excluding carboxylic acids is 1. The van der Waals surface area contributed by atoms with Gasteiger partial charge < -0.3 is 0 Å². The summed E-state index contributed by atoms with van der Waals surface area (Å²) < 4.78 is 13.6. The highest BCUT2D eigenvalue weighted by Gasteiger charge is 2.18. The summed E-state index contributed by atoms with van der Waals surface area (Å²) in [4.78, 5) is 12.1. The van der Waals surface area contributed by atoms with Gasteiger partial charge in [0.15, 0.2) is 5.78 Å². The molecule has 2 aromatic rings. The SMILES string of the molecule is O=C(c1ccc(Cl)cc1F)c1cccc(Cl)c1Cl. The standard InChI is InChI=1S/C13H6Cl3FO/c14-7-4-5-8(11(17)6-7)13(18)9-2-1-3-10(15)12(9)16/h1-6H. The molecule has 92 valence electrons. The van der Waals surface area contributed by atoms with Crippen LogP contribution in [0.25, 0.3) is 0 Å². The van der Waals surface area contributed by atoms with Crippen LogP contribution in [0.3, 0.4) is 0 Å². The summed E-state index contributed by atoms with van der Waals surface area (Å²) in [6.07, 6.45) is 0. The van der Waals surface area contributed by atoms with Crippen LogP contribution in [0, 0.1) is 5.82 Å². The normalized spacial score (nSPS) is 10.4. The van der Waals surface area contributed by atoms with Gasteiger partial charge in [-0.25, -0.2) is 4.39 Å². The lowest BCUT2D eigenvalue weighted by molar-refractivity contribution is 0.103. The van der Waals surface area contributed by atoms with E-state index in [1.54, 1.807) is 12.1 Å². The van der Waals surface area contributed by atoms with Crippen LogP contribution in [-0.4, -0.2) is 5.78 Å². The number of benzene rings is 2. The zero-order chi connectivity index (χ0) is 13.3. The summed E-state index contributed by atoms with van der Waals surface area (Å²) in [5, 5.41) is 0.580. The number of halogens is 4. The maximum Gasteiger partial charge on any atom is 0.197 e. The van der Waals surface area contributed by atoms with Crippen LogP contribution in [-0.2, 0) is 0 Å². The first-order valence-corrected chi connectivity index (χ1v) is 6.08. The lowest BCUT2D eigenvalue weighted by atomic mass is 10.0. The highest BCUT2D eigenvalue weighted by atomic mass is 35.5. The molecular weight excluding hydrogens is 297 g/mol. The van der Waals surface area contributed by atoms with Gasteiger partial charge >= 0.3 is 0 Å². The van der Waals surface area contributed by atoms with Crippen LogP contribution in [0.4, 0.5) is 4.39 Å². The predicted octanol–water partition coefficient (Wildman–Crippen LogP) is 5.02. The Labute approximate surface area is 118 Å². The van der Waals surface area contributed by atoms with Crippen molar-refractivity contribution in [1.29, 1.82) is 0 Å². The summed E-state index contributed by atoms with van der Waals surface area (Å²) in [6, 6.07) is 8.46. The van der Waals surface area contributed by atoms with Gasteiger partial charge in [-0.3, -0.25) is 4.79 Å². The van der Waals surface area contributed by atoms with Crippen molar-refractivity contribution in [3.63, 3.8) is 0 Å². The second-order valence-electron chi connectivity index (χ2n) is 3.55. The molecule has 0 aliphatic rings. The molecule has 0 fully saturated rings. The third kappa shape index (κ3) is 2.51. The van der Waals surface area contributed by atoms with Crippen molar-refractivity contribution in [2.24, 2.45) is 0 Å². The number of carbonyl (C=O) groups is 1. The minimum Gasteiger partial charge on any atom is -0.288 e. The monoisotopic (exact) mass is 302 g/mol. The minimum absolute atomic E-state index is 0.0939. The van der Waals surface area contributed by atoms with E-state index in [0.29, 0.717) is 0 Å². The molecule has 0 aromatic heterocycles. The molecule has 0 heterocycles. The van der Waals surface area contributed by atoms with Gasteiger partial charge in [-0.15, -0.1) is 0 Å². The first-order valence-electron chi connectivity index (χ1n) is 4.94. The highest BCUT2D eigenvalue weighted by Crippen LogP contribution is 2.28. The minimum atomic E-state index is -0.691. The summed E-state index contributed by atoms with van der Waals surface area (Å²) >= 11 is 17.4. The van der Waals surface area contributed by atoms with Crippen LogP contribution in [0.1, 0.15) is 15.9 Å². The molecule has 0 bridgehead atoms. The van der Waals surface area contributed by atoms with E-state index in [1.807, 2.05) is 0 Å². The van der Waals surface area contributed by atoms with Crippen molar-refractivity contribution in [1.82, 2.24) is 0 Å². The fourth-order valence-corrected chi connectivity index (χ4v) is 2.04. The molecule has 0 amide bonds. The molecular formula is C13H6Cl3FO. The van der Waals surface area contributed by atoms with E-state index in [-0.39, 0.29) is 26.2 Å². The number of hydrogen-bond donors (Lipinski definition) is 0. The zero-order valence-electron chi connectivity index (χ0n) is 8.88. The Balaban J connectivity index is 2.51. The molecule has 0 N–H and O–H groups in total. The van der Waals surface area contributed by atoms with Gasteiger partial charge in [0.1, 0.15) is 5.82 Å². The zero-order valence-corrected chi connectivity index (χ0v) is 11.2. The van der Waals surface area contributed by atoms with Gasteiger partial charge in [0.05, 0.1) is 15.6 Å². The number of hydrogen-bond acceptors (Lipinski definition) is 1. The van der Waals surface area contributed by atoms with Crippen molar-refractivity contribution in [3.05, 3.63) is 68.4 Å². The smallest absolute Gasteiger partial charge is 0.197 e. The Kier molecular flexibility index (Phi) is 3.91. The Hall–Kier alpha value is -1.09. The second kappa shape index (κ2) is 5.27. The Morgan fingerprint density at radius 3 is 2.39 bits per heavy atom. The van der Waals surface area contributed by atoms with Crippen molar-refractivity contribution < 1.29 is 9.18 Å². The molecule has 18 heavy (non-hydrogen) atoms. The topological polar surface area (TPSA) is 17.1 Å². The number of ketones is 1. The molecule has 0 unspecified atom stereocenters. The van der Waals surface area contributed by atoms with Gasteiger partial charge in [-0.05, 0) is 30.3 Å². The molecule has 2 aromatic carbocycles. The van der Waals surface area contributed by atoms with Crippen LogP contribution in [0.15, 0.2) is 36.4 Å². The summed E-state index contributed by atoms with van der Waals surface area (Å²) in [5.74, 6) is -1.22. The Bertz CT molecular complexity index is 626. The quantitative estimate of drug-likeness (QED) is 0.712.